The number of aryl methyl sites for hydroxylation is 2. The molecule has 1 aromatic carbocycles. The van der Waals surface area contributed by atoms with Crippen molar-refractivity contribution in [1.29, 1.82) is 0 Å². The van der Waals surface area contributed by atoms with E-state index in [0.29, 0.717) is 0 Å². The Morgan fingerprint density at radius 1 is 1.20 bits per heavy atom. The molecule has 2 rings (SSSR count). The Kier molecular flexibility index (Phi) is 2.96. The number of hydrogen-bond donors (Lipinski definition) is 2. The van der Waals surface area contributed by atoms with Gasteiger partial charge in [0.15, 0.2) is 0 Å². The first-order valence-corrected chi connectivity index (χ1v) is 5.69. The highest BCUT2D eigenvalue weighted by atomic mass is 16.3. The van der Waals surface area contributed by atoms with E-state index in [2.05, 4.69) is 37.4 Å². The lowest BCUT2D eigenvalue weighted by Crippen LogP contribution is -2.28. The van der Waals surface area contributed by atoms with Crippen molar-refractivity contribution in [2.75, 3.05) is 5.32 Å². The largest absolute Gasteiger partial charge is 0.391 e. The summed E-state index contributed by atoms with van der Waals surface area (Å²) in [6.07, 6.45) is 2.96. The van der Waals surface area contributed by atoms with E-state index >= 15 is 0 Å². The number of benzene rings is 1. The van der Waals surface area contributed by atoms with E-state index in [9.17, 15) is 5.11 Å². The molecule has 0 aromatic heterocycles. The molecule has 2 nitrogen and oxygen atoms in total. The molecule has 0 amide bonds. The molecule has 0 radical (unpaired) electrons. The molecule has 82 valence electrons. The van der Waals surface area contributed by atoms with Crippen LogP contribution >= 0.6 is 0 Å². The Balaban J connectivity index is 2.16. The van der Waals surface area contributed by atoms with Crippen molar-refractivity contribution < 1.29 is 5.11 Å². The molecule has 1 aliphatic carbocycles. The van der Waals surface area contributed by atoms with Crippen molar-refractivity contribution in [1.82, 2.24) is 0 Å². The van der Waals surface area contributed by atoms with Gasteiger partial charge in [-0.25, -0.2) is 0 Å². The number of rotatable bonds is 2. The number of aliphatic hydroxyl groups is 1. The monoisotopic (exact) mass is 205 g/mol. The molecule has 1 aromatic rings. The van der Waals surface area contributed by atoms with Gasteiger partial charge in [0.2, 0.25) is 0 Å². The third-order valence-corrected chi connectivity index (χ3v) is 3.29. The number of hydrogen-bond acceptors (Lipinski definition) is 2. The molecule has 15 heavy (non-hydrogen) atoms. The van der Waals surface area contributed by atoms with Gasteiger partial charge < -0.3 is 10.4 Å². The lowest BCUT2D eigenvalue weighted by atomic mass is 10.1. The van der Waals surface area contributed by atoms with Crippen LogP contribution in [0.4, 0.5) is 5.69 Å². The molecule has 0 saturated heterocycles. The summed E-state index contributed by atoms with van der Waals surface area (Å²) < 4.78 is 0. The third kappa shape index (κ3) is 2.15. The van der Waals surface area contributed by atoms with Gasteiger partial charge in [0.25, 0.3) is 0 Å². The van der Waals surface area contributed by atoms with E-state index in [1.807, 2.05) is 0 Å². The molecular formula is C13H19NO. The van der Waals surface area contributed by atoms with Gasteiger partial charge in [-0.2, -0.15) is 0 Å². The average molecular weight is 205 g/mol. The zero-order chi connectivity index (χ0) is 10.8. The van der Waals surface area contributed by atoms with Gasteiger partial charge in [0.05, 0.1) is 12.1 Å². The quantitative estimate of drug-likeness (QED) is 0.778. The summed E-state index contributed by atoms with van der Waals surface area (Å²) in [6.45, 7) is 4.22. The topological polar surface area (TPSA) is 32.3 Å². The predicted octanol–water partition coefficient (Wildman–Crippen LogP) is 2.63. The van der Waals surface area contributed by atoms with Crippen LogP contribution < -0.4 is 5.32 Å². The highest BCUT2D eigenvalue weighted by molar-refractivity contribution is 5.57. The van der Waals surface area contributed by atoms with Gasteiger partial charge >= 0.3 is 0 Å². The number of nitrogens with one attached hydrogen (secondary N) is 1. The number of aliphatic hydroxyl groups excluding tert-OH is 1. The summed E-state index contributed by atoms with van der Waals surface area (Å²) in [6, 6.07) is 6.53. The fourth-order valence-corrected chi connectivity index (χ4v) is 2.34. The Labute approximate surface area is 91.3 Å². The van der Waals surface area contributed by atoms with Crippen molar-refractivity contribution in [3.8, 4) is 0 Å². The van der Waals surface area contributed by atoms with Gasteiger partial charge in [-0.15, -0.1) is 0 Å². The van der Waals surface area contributed by atoms with Gasteiger partial charge in [-0.3, -0.25) is 0 Å². The first-order valence-electron chi connectivity index (χ1n) is 5.69. The molecular weight excluding hydrogens is 186 g/mol. The summed E-state index contributed by atoms with van der Waals surface area (Å²) in [5, 5.41) is 13.2. The van der Waals surface area contributed by atoms with E-state index in [1.54, 1.807) is 0 Å². The molecule has 2 heteroatoms. The van der Waals surface area contributed by atoms with Crippen LogP contribution in [0.3, 0.4) is 0 Å². The van der Waals surface area contributed by atoms with Crippen LogP contribution in [-0.4, -0.2) is 17.3 Å². The van der Waals surface area contributed by atoms with E-state index in [0.717, 1.165) is 19.3 Å². The summed E-state index contributed by atoms with van der Waals surface area (Å²) >= 11 is 0. The highest BCUT2D eigenvalue weighted by Crippen LogP contribution is 2.26. The Hall–Kier alpha value is -1.02. The molecule has 0 heterocycles. The van der Waals surface area contributed by atoms with Crippen molar-refractivity contribution in [2.24, 2.45) is 0 Å². The smallest absolute Gasteiger partial charge is 0.0741 e. The maximum Gasteiger partial charge on any atom is 0.0741 e. The average Bonchev–Trinajstić information content (AvgIpc) is 2.58. The minimum atomic E-state index is -0.177. The first-order chi connectivity index (χ1) is 7.18. The van der Waals surface area contributed by atoms with Crippen LogP contribution in [-0.2, 0) is 0 Å². The molecule has 2 atom stereocenters. The van der Waals surface area contributed by atoms with E-state index in [4.69, 9.17) is 0 Å². The standard InChI is InChI=1S/C13H19NO/c1-9-5-3-6-10(2)13(9)14-11-7-4-8-12(11)15/h3,5-6,11-12,14-15H,4,7-8H2,1-2H3/t11-,12-/m0/s1. The molecule has 1 fully saturated rings. The fraction of sp³-hybridized carbons (Fsp3) is 0.538. The Bertz CT molecular complexity index is 328. The highest BCUT2D eigenvalue weighted by Gasteiger charge is 2.25. The first kappa shape index (κ1) is 10.5. The van der Waals surface area contributed by atoms with E-state index in [1.165, 1.54) is 16.8 Å². The Morgan fingerprint density at radius 3 is 2.40 bits per heavy atom. The van der Waals surface area contributed by atoms with Gasteiger partial charge in [0.1, 0.15) is 0 Å². The summed E-state index contributed by atoms with van der Waals surface area (Å²) in [4.78, 5) is 0. The van der Waals surface area contributed by atoms with E-state index in [-0.39, 0.29) is 12.1 Å². The number of anilines is 1. The third-order valence-electron chi connectivity index (χ3n) is 3.29. The fourth-order valence-electron chi connectivity index (χ4n) is 2.34. The second kappa shape index (κ2) is 4.23. The second-order valence-electron chi connectivity index (χ2n) is 4.52. The van der Waals surface area contributed by atoms with Crippen LogP contribution in [0.25, 0.3) is 0 Å². The van der Waals surface area contributed by atoms with Crippen molar-refractivity contribution in [3.63, 3.8) is 0 Å². The SMILES string of the molecule is Cc1cccc(C)c1N[C@H]1CCC[C@@H]1O. The lowest BCUT2D eigenvalue weighted by Gasteiger charge is -2.20. The Morgan fingerprint density at radius 2 is 1.87 bits per heavy atom. The zero-order valence-corrected chi connectivity index (χ0v) is 9.46. The van der Waals surface area contributed by atoms with Crippen LogP contribution in [0.15, 0.2) is 18.2 Å². The van der Waals surface area contributed by atoms with Gasteiger partial charge in [-0.05, 0) is 44.2 Å². The van der Waals surface area contributed by atoms with Crippen LogP contribution in [0.5, 0.6) is 0 Å². The molecule has 2 N–H and O–H groups in total. The van der Waals surface area contributed by atoms with Crippen molar-refractivity contribution in [2.45, 2.75) is 45.3 Å². The molecule has 0 aliphatic heterocycles. The maximum atomic E-state index is 9.77. The van der Waals surface area contributed by atoms with Crippen molar-refractivity contribution >= 4 is 5.69 Å². The molecule has 0 spiro atoms. The normalized spacial score (nSPS) is 25.5. The van der Waals surface area contributed by atoms with Gasteiger partial charge in [-0.1, -0.05) is 18.2 Å². The molecule has 0 unspecified atom stereocenters. The van der Waals surface area contributed by atoms with Crippen LogP contribution in [0.2, 0.25) is 0 Å². The zero-order valence-electron chi connectivity index (χ0n) is 9.46. The minimum Gasteiger partial charge on any atom is -0.391 e. The van der Waals surface area contributed by atoms with E-state index < -0.39 is 0 Å². The maximum absolute atomic E-state index is 9.77. The molecule has 0 bridgehead atoms. The minimum absolute atomic E-state index is 0.177. The molecule has 1 saturated carbocycles. The lowest BCUT2D eigenvalue weighted by molar-refractivity contribution is 0.172. The predicted molar refractivity (Wildman–Crippen MR) is 63.2 cm³/mol. The van der Waals surface area contributed by atoms with Gasteiger partial charge in [0, 0.05) is 5.69 Å². The second-order valence-corrected chi connectivity index (χ2v) is 4.52. The van der Waals surface area contributed by atoms with Crippen LogP contribution in [0.1, 0.15) is 30.4 Å². The van der Waals surface area contributed by atoms with Crippen molar-refractivity contribution in [3.05, 3.63) is 29.3 Å². The number of para-hydroxylation sites is 1. The summed E-state index contributed by atoms with van der Waals surface area (Å²) in [5.41, 5.74) is 3.71. The summed E-state index contributed by atoms with van der Waals surface area (Å²) in [7, 11) is 0. The summed E-state index contributed by atoms with van der Waals surface area (Å²) in [5.74, 6) is 0. The molecule has 1 aliphatic rings. The van der Waals surface area contributed by atoms with Crippen LogP contribution in [0, 0.1) is 13.8 Å².